The number of nitrogens with zero attached hydrogens (tertiary/aromatic N) is 1. The van der Waals surface area contributed by atoms with Gasteiger partial charge < -0.3 is 25.1 Å². The van der Waals surface area contributed by atoms with Crippen molar-refractivity contribution in [2.24, 2.45) is 4.99 Å². The molecule has 0 atom stereocenters. The summed E-state index contributed by atoms with van der Waals surface area (Å²) in [6.45, 7) is -2.01. The lowest BCUT2D eigenvalue weighted by molar-refractivity contribution is -0.0512. The minimum Gasteiger partial charge on any atom is -0.493 e. The fraction of sp³-hybridized carbons (Fsp3) is 0.286. The number of ether oxygens (including phenoxy) is 2. The molecule has 3 rings (SSSR count). The number of hydrogen-bond donors (Lipinski definition) is 3. The Hall–Kier alpha value is -2.63. The predicted molar refractivity (Wildman–Crippen MR) is 125 cm³/mol. The summed E-state index contributed by atoms with van der Waals surface area (Å²) >= 11 is 0. The molecule has 0 unspecified atom stereocenters. The molecule has 31 heavy (non-hydrogen) atoms. The summed E-state index contributed by atoms with van der Waals surface area (Å²) in [4.78, 5) is 7.28. The second kappa shape index (κ2) is 11.7. The van der Waals surface area contributed by atoms with E-state index in [1.54, 1.807) is 25.2 Å². The Balaban J connectivity index is 0.00000341. The average Bonchev–Trinajstić information content (AvgIpc) is 3.12. The van der Waals surface area contributed by atoms with Crippen LogP contribution >= 0.6 is 24.0 Å². The van der Waals surface area contributed by atoms with Crippen LogP contribution in [0.3, 0.4) is 0 Å². The maximum absolute atomic E-state index is 13.5. The molecule has 0 radical (unpaired) electrons. The van der Waals surface area contributed by atoms with Crippen LogP contribution in [0.15, 0.2) is 47.6 Å². The number of guanidine groups is 1. The minimum atomic E-state index is -2.94. The molecule has 2 aromatic carbocycles. The first-order chi connectivity index (χ1) is 14.5. The number of nitrogens with one attached hydrogen (secondary N) is 3. The van der Waals surface area contributed by atoms with Crippen LogP contribution in [-0.4, -0.2) is 38.3 Å². The largest absolute Gasteiger partial charge is 0.493 e. The van der Waals surface area contributed by atoms with Gasteiger partial charge in [0.2, 0.25) is 0 Å². The third-order valence-electron chi connectivity index (χ3n) is 4.54. The van der Waals surface area contributed by atoms with Crippen molar-refractivity contribution in [2.75, 3.05) is 20.7 Å². The van der Waals surface area contributed by atoms with Gasteiger partial charge in [-0.05, 0) is 47.9 Å². The molecule has 10 heteroatoms. The maximum Gasteiger partial charge on any atom is 0.387 e. The Kier molecular flexibility index (Phi) is 9.28. The first-order valence-corrected chi connectivity index (χ1v) is 9.32. The van der Waals surface area contributed by atoms with E-state index in [9.17, 15) is 13.2 Å². The fourth-order valence-electron chi connectivity index (χ4n) is 3.10. The highest BCUT2D eigenvalue weighted by molar-refractivity contribution is 14.0. The molecule has 1 aromatic heterocycles. The zero-order chi connectivity index (χ0) is 21.5. The number of aromatic nitrogens is 1. The van der Waals surface area contributed by atoms with Crippen LogP contribution in [0, 0.1) is 5.82 Å². The van der Waals surface area contributed by atoms with E-state index in [1.807, 2.05) is 6.20 Å². The zero-order valence-electron chi connectivity index (χ0n) is 17.0. The van der Waals surface area contributed by atoms with Crippen molar-refractivity contribution in [1.82, 2.24) is 15.6 Å². The Morgan fingerprint density at radius 2 is 1.94 bits per heavy atom. The van der Waals surface area contributed by atoms with Gasteiger partial charge in [-0.2, -0.15) is 8.78 Å². The summed E-state index contributed by atoms with van der Waals surface area (Å²) < 4.78 is 48.2. The summed E-state index contributed by atoms with van der Waals surface area (Å²) in [6.07, 6.45) is 2.53. The maximum atomic E-state index is 13.5. The van der Waals surface area contributed by atoms with Crippen LogP contribution in [0.1, 0.15) is 11.1 Å². The van der Waals surface area contributed by atoms with E-state index in [4.69, 9.17) is 4.74 Å². The van der Waals surface area contributed by atoms with Crippen LogP contribution in [0.25, 0.3) is 10.9 Å². The van der Waals surface area contributed by atoms with Gasteiger partial charge in [0, 0.05) is 37.2 Å². The molecule has 6 nitrogen and oxygen atoms in total. The number of halogens is 4. The molecule has 0 saturated carbocycles. The van der Waals surface area contributed by atoms with Crippen LogP contribution in [-0.2, 0) is 13.0 Å². The molecule has 0 aliphatic rings. The van der Waals surface area contributed by atoms with E-state index in [0.29, 0.717) is 25.5 Å². The van der Waals surface area contributed by atoms with Crippen LogP contribution in [0.5, 0.6) is 11.5 Å². The Bertz CT molecular complexity index is 1030. The van der Waals surface area contributed by atoms with Crippen molar-refractivity contribution in [1.29, 1.82) is 0 Å². The van der Waals surface area contributed by atoms with Crippen LogP contribution in [0.2, 0.25) is 0 Å². The van der Waals surface area contributed by atoms with Crippen molar-refractivity contribution in [3.63, 3.8) is 0 Å². The van der Waals surface area contributed by atoms with Crippen LogP contribution in [0.4, 0.5) is 13.2 Å². The third kappa shape index (κ3) is 6.68. The first-order valence-electron chi connectivity index (χ1n) is 9.32. The second-order valence-electron chi connectivity index (χ2n) is 6.47. The molecule has 0 bridgehead atoms. The predicted octanol–water partition coefficient (Wildman–Crippen LogP) is 4.44. The molecule has 0 aliphatic carbocycles. The number of hydrogen-bond acceptors (Lipinski definition) is 3. The highest BCUT2D eigenvalue weighted by atomic mass is 127. The van der Waals surface area contributed by atoms with Crippen LogP contribution < -0.4 is 20.1 Å². The van der Waals surface area contributed by atoms with Gasteiger partial charge in [-0.15, -0.1) is 24.0 Å². The number of benzene rings is 2. The molecule has 1 heterocycles. The van der Waals surface area contributed by atoms with E-state index in [-0.39, 0.29) is 41.3 Å². The number of methoxy groups -OCH3 is 1. The Labute approximate surface area is 195 Å². The fourth-order valence-corrected chi connectivity index (χ4v) is 3.10. The molecule has 0 saturated heterocycles. The van der Waals surface area contributed by atoms with Gasteiger partial charge in [-0.25, -0.2) is 4.39 Å². The van der Waals surface area contributed by atoms with E-state index in [1.165, 1.54) is 25.3 Å². The topological polar surface area (TPSA) is 70.7 Å². The summed E-state index contributed by atoms with van der Waals surface area (Å²) in [6, 6.07) is 9.45. The zero-order valence-corrected chi connectivity index (χ0v) is 19.4. The van der Waals surface area contributed by atoms with Gasteiger partial charge in [0.05, 0.1) is 7.11 Å². The number of fused-ring (bicyclic) bond motifs is 1. The van der Waals surface area contributed by atoms with Crippen molar-refractivity contribution < 1.29 is 22.6 Å². The Morgan fingerprint density at radius 3 is 2.65 bits per heavy atom. The molecule has 0 amide bonds. The average molecular weight is 548 g/mol. The van der Waals surface area contributed by atoms with Crippen molar-refractivity contribution in [3.05, 3.63) is 59.5 Å². The van der Waals surface area contributed by atoms with Crippen molar-refractivity contribution in [3.8, 4) is 11.5 Å². The standard InChI is InChI=1S/C21H23F3N4O2.HI/c1-25-21(26-8-7-14-12-27-17-5-4-15(22)10-16(14)17)28-11-13-3-6-18(29-2)19(9-13)30-20(23)24;/h3-6,9-10,12,20,27H,7-8,11H2,1-2H3,(H2,25,26,28);1H. The second-order valence-corrected chi connectivity index (χ2v) is 6.47. The molecule has 0 aliphatic heterocycles. The first kappa shape index (κ1) is 24.6. The van der Waals surface area contributed by atoms with Gasteiger partial charge in [0.25, 0.3) is 0 Å². The molecule has 168 valence electrons. The molecule has 3 aromatic rings. The SMILES string of the molecule is CN=C(NCCc1c[nH]c2ccc(F)cc12)NCc1ccc(OC)c(OC(F)F)c1.I. The lowest BCUT2D eigenvalue weighted by atomic mass is 10.1. The molecular formula is C21H24F3IN4O2. The number of aliphatic imine (C=N–C) groups is 1. The minimum absolute atomic E-state index is 0. The summed E-state index contributed by atoms with van der Waals surface area (Å²) in [7, 11) is 3.02. The highest BCUT2D eigenvalue weighted by Gasteiger charge is 2.11. The monoisotopic (exact) mass is 548 g/mol. The van der Waals surface area contributed by atoms with Gasteiger partial charge in [-0.1, -0.05) is 6.07 Å². The van der Waals surface area contributed by atoms with Gasteiger partial charge >= 0.3 is 6.61 Å². The summed E-state index contributed by atoms with van der Waals surface area (Å²) in [5, 5.41) is 7.15. The smallest absolute Gasteiger partial charge is 0.387 e. The number of alkyl halides is 2. The van der Waals surface area contributed by atoms with Crippen molar-refractivity contribution in [2.45, 2.75) is 19.6 Å². The lowest BCUT2D eigenvalue weighted by Gasteiger charge is -2.14. The number of aromatic amines is 1. The third-order valence-corrected chi connectivity index (χ3v) is 4.54. The van der Waals surface area contributed by atoms with E-state index < -0.39 is 6.61 Å². The van der Waals surface area contributed by atoms with Gasteiger partial charge in [-0.3, -0.25) is 4.99 Å². The normalized spacial score (nSPS) is 11.4. The summed E-state index contributed by atoms with van der Waals surface area (Å²) in [5.41, 5.74) is 2.60. The van der Waals surface area contributed by atoms with E-state index in [2.05, 4.69) is 25.3 Å². The lowest BCUT2D eigenvalue weighted by Crippen LogP contribution is -2.37. The Morgan fingerprint density at radius 1 is 1.13 bits per heavy atom. The van der Waals surface area contributed by atoms with E-state index >= 15 is 0 Å². The van der Waals surface area contributed by atoms with E-state index in [0.717, 1.165) is 22.0 Å². The quantitative estimate of drug-likeness (QED) is 0.221. The molecule has 3 N–H and O–H groups in total. The highest BCUT2D eigenvalue weighted by Crippen LogP contribution is 2.29. The van der Waals surface area contributed by atoms with Gasteiger partial charge in [0.1, 0.15) is 5.82 Å². The van der Waals surface area contributed by atoms with Crippen molar-refractivity contribution >= 4 is 40.8 Å². The molecular weight excluding hydrogens is 524 g/mol. The molecule has 0 fully saturated rings. The number of H-pyrrole nitrogens is 1. The summed E-state index contributed by atoms with van der Waals surface area (Å²) in [5.74, 6) is 0.481. The van der Waals surface area contributed by atoms with Gasteiger partial charge in [0.15, 0.2) is 17.5 Å². The molecule has 0 spiro atoms. The number of rotatable bonds is 8.